The third-order valence-corrected chi connectivity index (χ3v) is 3.55. The molecule has 0 unspecified atom stereocenters. The predicted octanol–water partition coefficient (Wildman–Crippen LogP) is 2.69. The van der Waals surface area contributed by atoms with E-state index in [4.69, 9.17) is 0 Å². The van der Waals surface area contributed by atoms with Crippen molar-refractivity contribution in [3.63, 3.8) is 0 Å². The lowest BCUT2D eigenvalue weighted by Crippen LogP contribution is -2.35. The van der Waals surface area contributed by atoms with Crippen LogP contribution in [0.1, 0.15) is 20.8 Å². The molecule has 0 radical (unpaired) electrons. The van der Waals surface area contributed by atoms with Crippen LogP contribution in [0.25, 0.3) is 0 Å². The smallest absolute Gasteiger partial charge is 0.148 e. The molecule has 0 spiro atoms. The Hall–Kier alpha value is -0.880. The average Bonchev–Trinajstić information content (AvgIpc) is 2.37. The molecule has 1 N–H and O–H groups in total. The first-order valence-corrected chi connectivity index (χ1v) is 7.89. The molecule has 0 atom stereocenters. The number of nitrogens with zero attached hydrogens (tertiary/aromatic N) is 4. The Bertz CT molecular complexity index is 409. The predicted molar refractivity (Wildman–Crippen MR) is 89.5 cm³/mol. The lowest BCUT2D eigenvalue weighted by Gasteiger charge is -2.28. The van der Waals surface area contributed by atoms with Gasteiger partial charge in [0.15, 0.2) is 0 Å². The maximum absolute atomic E-state index is 4.46. The van der Waals surface area contributed by atoms with Gasteiger partial charge in [-0.1, -0.05) is 13.8 Å². The molecule has 0 aliphatic heterocycles. The van der Waals surface area contributed by atoms with Crippen LogP contribution in [-0.4, -0.2) is 55.1 Å². The summed E-state index contributed by atoms with van der Waals surface area (Å²) in [5, 5.41) is 3.25. The summed E-state index contributed by atoms with van der Waals surface area (Å²) in [6, 6.07) is 0. The van der Waals surface area contributed by atoms with Crippen LogP contribution in [0.4, 0.5) is 11.6 Å². The lowest BCUT2D eigenvalue weighted by molar-refractivity contribution is 0.408. The summed E-state index contributed by atoms with van der Waals surface area (Å²) in [5.74, 6) is 2.41. The molecule has 1 rings (SSSR count). The zero-order chi connectivity index (χ0) is 15.1. The van der Waals surface area contributed by atoms with Gasteiger partial charge in [-0.3, -0.25) is 0 Å². The second-order valence-corrected chi connectivity index (χ2v) is 6.33. The molecule has 0 amide bonds. The minimum atomic E-state index is 0.585. The largest absolute Gasteiger partial charge is 0.369 e. The molecule has 0 aliphatic carbocycles. The molecule has 1 aromatic heterocycles. The molecule has 114 valence electrons. The van der Waals surface area contributed by atoms with Crippen LogP contribution in [0.15, 0.2) is 10.8 Å². The van der Waals surface area contributed by atoms with E-state index in [0.29, 0.717) is 5.92 Å². The highest BCUT2D eigenvalue weighted by Crippen LogP contribution is 2.29. The van der Waals surface area contributed by atoms with Crippen molar-refractivity contribution in [1.29, 1.82) is 0 Å². The highest BCUT2D eigenvalue weighted by Gasteiger charge is 2.16. The number of aromatic nitrogens is 2. The Morgan fingerprint density at radius 1 is 1.25 bits per heavy atom. The van der Waals surface area contributed by atoms with E-state index in [2.05, 4.69) is 75.9 Å². The van der Waals surface area contributed by atoms with E-state index in [1.54, 1.807) is 6.33 Å². The van der Waals surface area contributed by atoms with Gasteiger partial charge in [0.1, 0.15) is 22.4 Å². The fourth-order valence-electron chi connectivity index (χ4n) is 1.92. The molecule has 0 bridgehead atoms. The van der Waals surface area contributed by atoms with Crippen LogP contribution in [-0.2, 0) is 0 Å². The zero-order valence-corrected chi connectivity index (χ0v) is 14.7. The van der Waals surface area contributed by atoms with Crippen molar-refractivity contribution in [3.8, 4) is 0 Å². The maximum Gasteiger partial charge on any atom is 0.148 e. The number of likely N-dealkylation sites (N-methyl/N-ethyl adjacent to an activating group) is 1. The van der Waals surface area contributed by atoms with Gasteiger partial charge in [0, 0.05) is 26.2 Å². The van der Waals surface area contributed by atoms with E-state index < -0.39 is 0 Å². The molecule has 6 heteroatoms. The number of anilines is 2. The van der Waals surface area contributed by atoms with E-state index in [9.17, 15) is 0 Å². The first-order chi connectivity index (χ1) is 9.45. The molecule has 0 saturated carbocycles. The summed E-state index contributed by atoms with van der Waals surface area (Å²) >= 11 is 3.64. The first-order valence-electron chi connectivity index (χ1n) is 7.09. The van der Waals surface area contributed by atoms with Gasteiger partial charge < -0.3 is 15.1 Å². The number of nitrogens with one attached hydrogen (secondary N) is 1. The second kappa shape index (κ2) is 8.42. The summed E-state index contributed by atoms with van der Waals surface area (Å²) in [6.07, 6.45) is 1.63. The summed E-state index contributed by atoms with van der Waals surface area (Å²) in [6.45, 7) is 10.3. The Balaban J connectivity index is 2.96. The van der Waals surface area contributed by atoms with Crippen LogP contribution in [0.5, 0.6) is 0 Å². The molecule has 0 fully saturated rings. The van der Waals surface area contributed by atoms with E-state index >= 15 is 0 Å². The normalized spacial score (nSPS) is 11.2. The first kappa shape index (κ1) is 17.2. The van der Waals surface area contributed by atoms with Crippen molar-refractivity contribution in [2.45, 2.75) is 20.8 Å². The van der Waals surface area contributed by atoms with Crippen LogP contribution in [0.2, 0.25) is 0 Å². The van der Waals surface area contributed by atoms with Crippen molar-refractivity contribution in [2.75, 3.05) is 50.5 Å². The van der Waals surface area contributed by atoms with Crippen molar-refractivity contribution in [2.24, 2.45) is 5.92 Å². The van der Waals surface area contributed by atoms with Crippen molar-refractivity contribution in [3.05, 3.63) is 10.8 Å². The number of hydrogen-bond donors (Lipinski definition) is 1. The minimum absolute atomic E-state index is 0.585. The third-order valence-electron chi connectivity index (χ3n) is 2.82. The van der Waals surface area contributed by atoms with Crippen molar-refractivity contribution in [1.82, 2.24) is 14.9 Å². The minimum Gasteiger partial charge on any atom is -0.369 e. The summed E-state index contributed by atoms with van der Waals surface area (Å²) < 4.78 is 0.946. The molecule has 0 saturated heterocycles. The fourth-order valence-corrected chi connectivity index (χ4v) is 2.51. The van der Waals surface area contributed by atoms with Gasteiger partial charge in [0.25, 0.3) is 0 Å². The van der Waals surface area contributed by atoms with Gasteiger partial charge in [-0.25, -0.2) is 9.97 Å². The zero-order valence-electron chi connectivity index (χ0n) is 13.1. The van der Waals surface area contributed by atoms with Gasteiger partial charge in [0.2, 0.25) is 0 Å². The summed E-state index contributed by atoms with van der Waals surface area (Å²) in [5.41, 5.74) is 0. The number of hydrogen-bond acceptors (Lipinski definition) is 5. The van der Waals surface area contributed by atoms with Gasteiger partial charge >= 0.3 is 0 Å². The third kappa shape index (κ3) is 5.25. The molecule has 1 aromatic rings. The van der Waals surface area contributed by atoms with Gasteiger partial charge in [-0.15, -0.1) is 0 Å². The molecule has 0 aromatic carbocycles. The van der Waals surface area contributed by atoms with E-state index in [-0.39, 0.29) is 0 Å². The maximum atomic E-state index is 4.46. The molecule has 0 aliphatic rings. The molecular weight excluding hydrogens is 318 g/mol. The highest BCUT2D eigenvalue weighted by atomic mass is 79.9. The lowest BCUT2D eigenvalue weighted by atomic mass is 10.2. The standard InChI is InChI=1S/C14H26BrN5/c1-6-16-13-12(15)14(18-10-17-13)20(9-11(2)3)8-7-19(4)5/h10-11H,6-9H2,1-5H3,(H,16,17,18). The van der Waals surface area contributed by atoms with E-state index in [0.717, 1.165) is 42.3 Å². The van der Waals surface area contributed by atoms with Gasteiger partial charge in [-0.05, 0) is 42.9 Å². The second-order valence-electron chi connectivity index (χ2n) is 5.53. The molecule has 1 heterocycles. The molecule has 5 nitrogen and oxygen atoms in total. The fraction of sp³-hybridized carbons (Fsp3) is 0.714. The monoisotopic (exact) mass is 343 g/mol. The van der Waals surface area contributed by atoms with Crippen LogP contribution >= 0.6 is 15.9 Å². The Kier molecular flexibility index (Phi) is 7.23. The highest BCUT2D eigenvalue weighted by molar-refractivity contribution is 9.10. The van der Waals surface area contributed by atoms with E-state index in [1.807, 2.05) is 0 Å². The molecular formula is C14H26BrN5. The van der Waals surface area contributed by atoms with E-state index in [1.165, 1.54) is 0 Å². The Morgan fingerprint density at radius 2 is 1.95 bits per heavy atom. The summed E-state index contributed by atoms with van der Waals surface area (Å²) in [7, 11) is 4.18. The SMILES string of the molecule is CCNc1ncnc(N(CCN(C)C)CC(C)C)c1Br. The quantitative estimate of drug-likeness (QED) is 0.786. The van der Waals surface area contributed by atoms with Gasteiger partial charge in [-0.2, -0.15) is 0 Å². The van der Waals surface area contributed by atoms with Gasteiger partial charge in [0.05, 0.1) is 0 Å². The number of rotatable bonds is 8. The Labute approximate surface area is 130 Å². The van der Waals surface area contributed by atoms with Crippen LogP contribution in [0.3, 0.4) is 0 Å². The van der Waals surface area contributed by atoms with Crippen molar-refractivity contribution < 1.29 is 0 Å². The Morgan fingerprint density at radius 3 is 2.50 bits per heavy atom. The van der Waals surface area contributed by atoms with Crippen LogP contribution < -0.4 is 10.2 Å². The number of halogens is 1. The topological polar surface area (TPSA) is 44.3 Å². The molecule has 20 heavy (non-hydrogen) atoms. The summed E-state index contributed by atoms with van der Waals surface area (Å²) in [4.78, 5) is 13.2. The van der Waals surface area contributed by atoms with Crippen molar-refractivity contribution >= 4 is 27.6 Å². The van der Waals surface area contributed by atoms with Crippen LogP contribution in [0, 0.1) is 5.92 Å². The average molecular weight is 344 g/mol.